The highest BCUT2D eigenvalue weighted by molar-refractivity contribution is 7.80. The molecular formula is C9H16NO3S-. The number of carbonyl (C=O) groups excluding carboxylic acids is 2. The summed E-state index contributed by atoms with van der Waals surface area (Å²) in [6.45, 7) is 5.12. The molecule has 0 aromatic heterocycles. The lowest BCUT2D eigenvalue weighted by Crippen LogP contribution is -2.52. The van der Waals surface area contributed by atoms with E-state index in [9.17, 15) is 14.7 Å². The largest absolute Gasteiger partial charge is 0.548 e. The van der Waals surface area contributed by atoms with Crippen LogP contribution in [0.4, 0.5) is 0 Å². The Morgan fingerprint density at radius 2 is 1.86 bits per heavy atom. The van der Waals surface area contributed by atoms with Crippen LogP contribution in [-0.2, 0) is 9.59 Å². The molecule has 0 aliphatic rings. The number of aliphatic carboxylic acids is 1. The van der Waals surface area contributed by atoms with Crippen molar-refractivity contribution < 1.29 is 14.7 Å². The molecule has 2 atom stereocenters. The monoisotopic (exact) mass is 218 g/mol. The Bertz CT molecular complexity index is 218. The molecule has 0 fully saturated rings. The first-order chi connectivity index (χ1) is 6.40. The van der Waals surface area contributed by atoms with Crippen molar-refractivity contribution in [3.63, 3.8) is 0 Å². The maximum Gasteiger partial charge on any atom is 0.224 e. The summed E-state index contributed by atoms with van der Waals surface area (Å²) in [6, 6.07) is -0.926. The second kappa shape index (κ2) is 5.90. The van der Waals surface area contributed by atoms with E-state index in [1.807, 2.05) is 0 Å². The molecule has 0 rings (SSSR count). The first-order valence-corrected chi connectivity index (χ1v) is 5.15. The number of rotatable bonds is 5. The van der Waals surface area contributed by atoms with Crippen LogP contribution in [0, 0.1) is 11.8 Å². The van der Waals surface area contributed by atoms with Gasteiger partial charge in [0.1, 0.15) is 0 Å². The molecule has 0 heterocycles. The van der Waals surface area contributed by atoms with Gasteiger partial charge in [-0.05, 0) is 5.92 Å². The molecule has 0 aromatic carbocycles. The fourth-order valence-corrected chi connectivity index (χ4v) is 1.04. The van der Waals surface area contributed by atoms with Crippen molar-refractivity contribution in [1.29, 1.82) is 0 Å². The van der Waals surface area contributed by atoms with E-state index in [2.05, 4.69) is 17.9 Å². The third-order valence-electron chi connectivity index (χ3n) is 1.94. The van der Waals surface area contributed by atoms with Crippen LogP contribution in [0.1, 0.15) is 20.8 Å². The predicted octanol–water partition coefficient (Wildman–Crippen LogP) is -0.557. The maximum absolute atomic E-state index is 11.3. The molecule has 0 bridgehead atoms. The van der Waals surface area contributed by atoms with Gasteiger partial charge in [-0.3, -0.25) is 4.79 Å². The van der Waals surface area contributed by atoms with Gasteiger partial charge < -0.3 is 15.2 Å². The summed E-state index contributed by atoms with van der Waals surface area (Å²) in [5, 5.41) is 13.1. The molecule has 4 nitrogen and oxygen atoms in total. The van der Waals surface area contributed by atoms with Crippen LogP contribution in [0.3, 0.4) is 0 Å². The first-order valence-electron chi connectivity index (χ1n) is 4.52. The number of hydrogen-bond donors (Lipinski definition) is 2. The Hall–Kier alpha value is -0.710. The van der Waals surface area contributed by atoms with E-state index in [0.717, 1.165) is 0 Å². The van der Waals surface area contributed by atoms with Gasteiger partial charge in [-0.25, -0.2) is 0 Å². The summed E-state index contributed by atoms with van der Waals surface area (Å²) in [7, 11) is 0. The van der Waals surface area contributed by atoms with Crippen LogP contribution in [0.25, 0.3) is 0 Å². The Balaban J connectivity index is 4.31. The molecule has 0 saturated carbocycles. The molecule has 0 radical (unpaired) electrons. The van der Waals surface area contributed by atoms with Gasteiger partial charge in [0.25, 0.3) is 0 Å². The van der Waals surface area contributed by atoms with E-state index >= 15 is 0 Å². The zero-order valence-electron chi connectivity index (χ0n) is 8.61. The molecule has 82 valence electrons. The number of nitrogens with one attached hydrogen (secondary N) is 1. The van der Waals surface area contributed by atoms with Crippen LogP contribution in [-0.4, -0.2) is 23.7 Å². The van der Waals surface area contributed by atoms with Crippen molar-refractivity contribution in [3.05, 3.63) is 0 Å². The predicted molar refractivity (Wildman–Crippen MR) is 54.8 cm³/mol. The van der Waals surface area contributed by atoms with Gasteiger partial charge in [-0.2, -0.15) is 12.6 Å². The smallest absolute Gasteiger partial charge is 0.224 e. The molecule has 0 unspecified atom stereocenters. The molecule has 1 N–H and O–H groups in total. The summed E-state index contributed by atoms with van der Waals surface area (Å²) < 4.78 is 0. The third kappa shape index (κ3) is 4.00. The van der Waals surface area contributed by atoms with E-state index in [4.69, 9.17) is 0 Å². The van der Waals surface area contributed by atoms with Gasteiger partial charge in [-0.1, -0.05) is 20.8 Å². The van der Waals surface area contributed by atoms with Crippen LogP contribution < -0.4 is 10.4 Å². The number of hydrogen-bond acceptors (Lipinski definition) is 4. The molecule has 0 aliphatic heterocycles. The average Bonchev–Trinajstić information content (AvgIpc) is 2.11. The van der Waals surface area contributed by atoms with E-state index in [0.29, 0.717) is 5.75 Å². The highest BCUT2D eigenvalue weighted by Gasteiger charge is 2.19. The van der Waals surface area contributed by atoms with Crippen LogP contribution >= 0.6 is 12.6 Å². The van der Waals surface area contributed by atoms with E-state index in [-0.39, 0.29) is 17.7 Å². The lowest BCUT2D eigenvalue weighted by molar-refractivity contribution is -0.309. The highest BCUT2D eigenvalue weighted by atomic mass is 32.1. The lowest BCUT2D eigenvalue weighted by Gasteiger charge is -2.24. The zero-order chi connectivity index (χ0) is 11.3. The zero-order valence-corrected chi connectivity index (χ0v) is 9.51. The fourth-order valence-electron chi connectivity index (χ4n) is 0.876. The van der Waals surface area contributed by atoms with Crippen LogP contribution in [0.2, 0.25) is 0 Å². The van der Waals surface area contributed by atoms with E-state index in [1.54, 1.807) is 20.8 Å². The normalized spacial score (nSPS) is 14.9. The number of thiol groups is 1. The van der Waals surface area contributed by atoms with Gasteiger partial charge in [-0.15, -0.1) is 0 Å². The van der Waals surface area contributed by atoms with Gasteiger partial charge in [0.2, 0.25) is 5.91 Å². The summed E-state index contributed by atoms with van der Waals surface area (Å²) in [5.41, 5.74) is 0. The SMILES string of the molecule is CC(C)[C@@H](NC(=O)[C@@H](C)CS)C(=O)[O-]. The van der Waals surface area contributed by atoms with Crippen LogP contribution in [0.5, 0.6) is 0 Å². The maximum atomic E-state index is 11.3. The molecular weight excluding hydrogens is 202 g/mol. The first kappa shape index (κ1) is 13.3. The standard InChI is InChI=1S/C9H17NO3S/c1-5(2)7(9(12)13)10-8(11)6(3)4-14/h5-7,14H,4H2,1-3H3,(H,10,11)(H,12,13)/p-1/t6-,7+/m0/s1. The van der Waals surface area contributed by atoms with Gasteiger partial charge >= 0.3 is 0 Å². The topological polar surface area (TPSA) is 69.2 Å². The Labute approximate surface area is 89.5 Å². The number of carbonyl (C=O) groups is 2. The molecule has 14 heavy (non-hydrogen) atoms. The minimum Gasteiger partial charge on any atom is -0.548 e. The quantitative estimate of drug-likeness (QED) is 0.608. The third-order valence-corrected chi connectivity index (χ3v) is 2.49. The minimum atomic E-state index is -1.25. The van der Waals surface area contributed by atoms with Gasteiger partial charge in [0.15, 0.2) is 0 Å². The van der Waals surface area contributed by atoms with Gasteiger partial charge in [0.05, 0.1) is 12.0 Å². The number of carboxylic acids is 1. The molecule has 1 amide bonds. The Morgan fingerprint density at radius 3 is 2.14 bits per heavy atom. The minimum absolute atomic E-state index is 0.184. The Kier molecular flexibility index (Phi) is 5.60. The number of amides is 1. The summed E-state index contributed by atoms with van der Waals surface area (Å²) >= 11 is 3.96. The summed E-state index contributed by atoms with van der Waals surface area (Å²) in [6.07, 6.45) is 0. The van der Waals surface area contributed by atoms with Crippen molar-refractivity contribution in [1.82, 2.24) is 5.32 Å². The average molecular weight is 218 g/mol. The number of carboxylic acid groups (broad SMARTS) is 1. The Morgan fingerprint density at radius 1 is 1.36 bits per heavy atom. The van der Waals surface area contributed by atoms with Crippen molar-refractivity contribution >= 4 is 24.5 Å². The second-order valence-corrected chi connectivity index (χ2v) is 4.00. The van der Waals surface area contributed by atoms with Crippen molar-refractivity contribution in [2.75, 3.05) is 5.75 Å². The fraction of sp³-hybridized carbons (Fsp3) is 0.778. The highest BCUT2D eigenvalue weighted by Crippen LogP contribution is 2.03. The second-order valence-electron chi connectivity index (χ2n) is 3.63. The van der Waals surface area contributed by atoms with E-state index in [1.165, 1.54) is 0 Å². The van der Waals surface area contributed by atoms with Crippen molar-refractivity contribution in [2.24, 2.45) is 11.8 Å². The van der Waals surface area contributed by atoms with Gasteiger partial charge in [0, 0.05) is 11.7 Å². The summed E-state index contributed by atoms with van der Waals surface area (Å²) in [5.74, 6) is -1.64. The molecule has 0 aromatic rings. The molecule has 0 spiro atoms. The van der Waals surface area contributed by atoms with E-state index < -0.39 is 12.0 Å². The molecule has 0 saturated heterocycles. The van der Waals surface area contributed by atoms with Crippen LogP contribution in [0.15, 0.2) is 0 Å². The lowest BCUT2D eigenvalue weighted by atomic mass is 10.0. The van der Waals surface area contributed by atoms with Crippen molar-refractivity contribution in [3.8, 4) is 0 Å². The molecule has 0 aliphatic carbocycles. The molecule has 5 heteroatoms. The summed E-state index contributed by atoms with van der Waals surface area (Å²) in [4.78, 5) is 22.0. The van der Waals surface area contributed by atoms with Crippen molar-refractivity contribution in [2.45, 2.75) is 26.8 Å².